The van der Waals surface area contributed by atoms with E-state index < -0.39 is 11.9 Å². The van der Waals surface area contributed by atoms with Crippen LogP contribution in [0.15, 0.2) is 18.2 Å². The largest absolute Gasteiger partial charge is 0.508 e. The van der Waals surface area contributed by atoms with Crippen LogP contribution in [-0.4, -0.2) is 27.2 Å². The number of phenols is 2. The lowest BCUT2D eigenvalue weighted by Gasteiger charge is -2.05. The third kappa shape index (κ3) is 2.47. The van der Waals surface area contributed by atoms with Crippen LogP contribution in [0.5, 0.6) is 11.5 Å². The molecule has 0 amide bonds. The normalized spacial score (nSPS) is 12.4. The maximum atomic E-state index is 11.4. The Kier molecular flexibility index (Phi) is 3.09. The standard InChI is InChI=1S/C10H12O4/c1-6(11)4-10(14)8-5-7(12)2-3-9(8)13/h2-3,5-6,11-13H,4H2,1H3/t6-/m1/s1. The van der Waals surface area contributed by atoms with E-state index in [-0.39, 0.29) is 23.5 Å². The number of aromatic hydroxyl groups is 2. The van der Waals surface area contributed by atoms with Crippen molar-refractivity contribution in [1.29, 1.82) is 0 Å². The molecule has 1 aromatic carbocycles. The SMILES string of the molecule is C[C@@H](O)CC(=O)c1cc(O)ccc1O. The second-order valence-corrected chi connectivity index (χ2v) is 3.18. The second-order valence-electron chi connectivity index (χ2n) is 3.18. The van der Waals surface area contributed by atoms with Gasteiger partial charge in [0, 0.05) is 6.42 Å². The first kappa shape index (κ1) is 10.5. The number of aliphatic hydroxyl groups is 1. The van der Waals surface area contributed by atoms with E-state index in [1.54, 1.807) is 0 Å². The Morgan fingerprint density at radius 3 is 2.64 bits per heavy atom. The topological polar surface area (TPSA) is 77.8 Å². The van der Waals surface area contributed by atoms with Crippen LogP contribution in [0.4, 0.5) is 0 Å². The summed E-state index contributed by atoms with van der Waals surface area (Å²) >= 11 is 0. The summed E-state index contributed by atoms with van der Waals surface area (Å²) in [4.78, 5) is 11.4. The molecule has 0 fully saturated rings. The Morgan fingerprint density at radius 1 is 1.43 bits per heavy atom. The minimum atomic E-state index is -0.760. The quantitative estimate of drug-likeness (QED) is 0.498. The maximum absolute atomic E-state index is 11.4. The Morgan fingerprint density at radius 2 is 2.07 bits per heavy atom. The van der Waals surface area contributed by atoms with Gasteiger partial charge in [-0.1, -0.05) is 0 Å². The highest BCUT2D eigenvalue weighted by Crippen LogP contribution is 2.23. The molecule has 0 saturated carbocycles. The molecule has 0 radical (unpaired) electrons. The van der Waals surface area contributed by atoms with Crippen LogP contribution in [-0.2, 0) is 0 Å². The summed E-state index contributed by atoms with van der Waals surface area (Å²) < 4.78 is 0. The predicted molar refractivity (Wildman–Crippen MR) is 50.4 cm³/mol. The smallest absolute Gasteiger partial charge is 0.169 e. The molecule has 0 spiro atoms. The summed E-state index contributed by atoms with van der Waals surface area (Å²) in [7, 11) is 0. The molecule has 0 aliphatic rings. The van der Waals surface area contributed by atoms with Crippen molar-refractivity contribution >= 4 is 5.78 Å². The molecule has 0 aliphatic carbocycles. The van der Waals surface area contributed by atoms with Crippen molar-refractivity contribution in [3.05, 3.63) is 23.8 Å². The molecule has 0 heterocycles. The van der Waals surface area contributed by atoms with Crippen molar-refractivity contribution in [2.45, 2.75) is 19.4 Å². The fourth-order valence-corrected chi connectivity index (χ4v) is 1.13. The Labute approximate surface area is 81.4 Å². The monoisotopic (exact) mass is 196 g/mol. The van der Waals surface area contributed by atoms with E-state index in [2.05, 4.69) is 0 Å². The van der Waals surface area contributed by atoms with Crippen LogP contribution >= 0.6 is 0 Å². The molecule has 0 bridgehead atoms. The molecule has 0 saturated heterocycles. The van der Waals surface area contributed by atoms with E-state index >= 15 is 0 Å². The number of carbonyl (C=O) groups is 1. The minimum Gasteiger partial charge on any atom is -0.508 e. The van der Waals surface area contributed by atoms with Crippen molar-refractivity contribution in [2.24, 2.45) is 0 Å². The van der Waals surface area contributed by atoms with Gasteiger partial charge in [0.15, 0.2) is 5.78 Å². The number of ketones is 1. The number of hydrogen-bond donors (Lipinski definition) is 3. The zero-order valence-corrected chi connectivity index (χ0v) is 7.77. The number of Topliss-reactive ketones (excluding diaryl/α,β-unsaturated/α-hetero) is 1. The lowest BCUT2D eigenvalue weighted by Crippen LogP contribution is -2.09. The van der Waals surface area contributed by atoms with E-state index in [1.807, 2.05) is 0 Å². The molecule has 4 nitrogen and oxygen atoms in total. The molecule has 1 rings (SSSR count). The van der Waals surface area contributed by atoms with Gasteiger partial charge in [0.05, 0.1) is 11.7 Å². The maximum Gasteiger partial charge on any atom is 0.169 e. The molecule has 1 aromatic rings. The third-order valence-corrected chi connectivity index (χ3v) is 1.76. The van der Waals surface area contributed by atoms with Gasteiger partial charge in [-0.2, -0.15) is 0 Å². The van der Waals surface area contributed by atoms with E-state index in [4.69, 9.17) is 10.2 Å². The number of carbonyl (C=O) groups excluding carboxylic acids is 1. The molecule has 14 heavy (non-hydrogen) atoms. The predicted octanol–water partition coefficient (Wildman–Crippen LogP) is 1.05. The van der Waals surface area contributed by atoms with Gasteiger partial charge >= 0.3 is 0 Å². The molecule has 0 aliphatic heterocycles. The van der Waals surface area contributed by atoms with Crippen LogP contribution < -0.4 is 0 Å². The lowest BCUT2D eigenvalue weighted by molar-refractivity contribution is 0.0898. The van der Waals surface area contributed by atoms with Gasteiger partial charge < -0.3 is 15.3 Å². The Hall–Kier alpha value is -1.55. The molecular weight excluding hydrogens is 184 g/mol. The van der Waals surface area contributed by atoms with E-state index in [1.165, 1.54) is 25.1 Å². The second kappa shape index (κ2) is 4.11. The lowest BCUT2D eigenvalue weighted by atomic mass is 10.0. The number of benzene rings is 1. The molecule has 3 N–H and O–H groups in total. The average molecular weight is 196 g/mol. The first-order chi connectivity index (χ1) is 6.50. The van der Waals surface area contributed by atoms with Crippen molar-refractivity contribution in [2.75, 3.05) is 0 Å². The molecule has 0 aromatic heterocycles. The van der Waals surface area contributed by atoms with Gasteiger partial charge in [0.2, 0.25) is 0 Å². The first-order valence-electron chi connectivity index (χ1n) is 4.24. The number of aliphatic hydroxyl groups excluding tert-OH is 1. The highest BCUT2D eigenvalue weighted by Gasteiger charge is 2.13. The van der Waals surface area contributed by atoms with E-state index in [9.17, 15) is 9.90 Å². The minimum absolute atomic E-state index is 0.0332. The zero-order valence-electron chi connectivity index (χ0n) is 7.77. The van der Waals surface area contributed by atoms with Crippen LogP contribution in [0, 0.1) is 0 Å². The molecule has 76 valence electrons. The average Bonchev–Trinajstić information content (AvgIpc) is 2.08. The summed E-state index contributed by atoms with van der Waals surface area (Å²) in [5, 5.41) is 27.4. The van der Waals surface area contributed by atoms with Gasteiger partial charge in [0.1, 0.15) is 11.5 Å². The molecule has 4 heteroatoms. The molecule has 1 atom stereocenters. The number of phenolic OH excluding ortho intramolecular Hbond substituents is 2. The van der Waals surface area contributed by atoms with Crippen LogP contribution in [0.1, 0.15) is 23.7 Å². The number of rotatable bonds is 3. The summed E-state index contributed by atoms with van der Waals surface area (Å²) in [5.41, 5.74) is 0.0332. The van der Waals surface area contributed by atoms with Gasteiger partial charge in [-0.25, -0.2) is 0 Å². The van der Waals surface area contributed by atoms with Crippen molar-refractivity contribution in [1.82, 2.24) is 0 Å². The number of hydrogen-bond acceptors (Lipinski definition) is 4. The summed E-state index contributed by atoms with van der Waals surface area (Å²) in [6, 6.07) is 3.71. The summed E-state index contributed by atoms with van der Waals surface area (Å²) in [6.07, 6.45) is -0.832. The van der Waals surface area contributed by atoms with Crippen LogP contribution in [0.2, 0.25) is 0 Å². The fourth-order valence-electron chi connectivity index (χ4n) is 1.13. The fraction of sp³-hybridized carbons (Fsp3) is 0.300. The van der Waals surface area contributed by atoms with Gasteiger partial charge in [0.25, 0.3) is 0 Å². The van der Waals surface area contributed by atoms with Crippen LogP contribution in [0.3, 0.4) is 0 Å². The van der Waals surface area contributed by atoms with Crippen LogP contribution in [0.25, 0.3) is 0 Å². The summed E-state index contributed by atoms with van der Waals surface area (Å²) in [5.74, 6) is -0.668. The first-order valence-corrected chi connectivity index (χ1v) is 4.24. The van der Waals surface area contributed by atoms with Gasteiger partial charge in [-0.15, -0.1) is 0 Å². The summed E-state index contributed by atoms with van der Waals surface area (Å²) in [6.45, 7) is 1.48. The van der Waals surface area contributed by atoms with Crippen molar-refractivity contribution in [3.63, 3.8) is 0 Å². The highest BCUT2D eigenvalue weighted by atomic mass is 16.3. The van der Waals surface area contributed by atoms with E-state index in [0.717, 1.165) is 0 Å². The van der Waals surface area contributed by atoms with Gasteiger partial charge in [-0.3, -0.25) is 4.79 Å². The third-order valence-electron chi connectivity index (χ3n) is 1.76. The highest BCUT2D eigenvalue weighted by molar-refractivity contribution is 5.99. The molecule has 0 unspecified atom stereocenters. The van der Waals surface area contributed by atoms with Crippen molar-refractivity contribution < 1.29 is 20.1 Å². The Balaban J connectivity index is 2.94. The zero-order chi connectivity index (χ0) is 10.7. The van der Waals surface area contributed by atoms with Crippen molar-refractivity contribution in [3.8, 4) is 11.5 Å². The van der Waals surface area contributed by atoms with E-state index in [0.29, 0.717) is 0 Å². The van der Waals surface area contributed by atoms with Gasteiger partial charge in [-0.05, 0) is 25.1 Å². The molecular formula is C10H12O4. The Bertz CT molecular complexity index is 344.